The second kappa shape index (κ2) is 4.33. The molecule has 2 aromatic rings. The van der Waals surface area contributed by atoms with E-state index in [0.717, 1.165) is 12.8 Å². The van der Waals surface area contributed by atoms with Crippen LogP contribution in [0.25, 0.3) is 0 Å². The molecule has 1 saturated carbocycles. The van der Waals surface area contributed by atoms with Crippen LogP contribution in [0.5, 0.6) is 0 Å². The van der Waals surface area contributed by atoms with Gasteiger partial charge in [-0.1, -0.05) is 6.07 Å². The Bertz CT molecular complexity index is 488. The van der Waals surface area contributed by atoms with Crippen molar-refractivity contribution in [2.75, 3.05) is 0 Å². The van der Waals surface area contributed by atoms with Crippen LogP contribution >= 0.6 is 11.3 Å². The van der Waals surface area contributed by atoms with Gasteiger partial charge in [0.25, 0.3) is 0 Å². The highest BCUT2D eigenvalue weighted by Gasteiger charge is 2.33. The lowest BCUT2D eigenvalue weighted by molar-refractivity contribution is 0.194. The number of amides is 1. The normalized spacial score (nSPS) is 14.8. The largest absolute Gasteiger partial charge is 0.329 e. The summed E-state index contributed by atoms with van der Waals surface area (Å²) in [5.74, 6) is 0. The first-order valence-electron chi connectivity index (χ1n) is 5.66. The molecule has 0 aliphatic heterocycles. The van der Waals surface area contributed by atoms with Gasteiger partial charge in [0.15, 0.2) is 0 Å². The number of nitrogens with zero attached hydrogens (tertiary/aromatic N) is 3. The number of hydrogen-bond acceptors (Lipinski definition) is 3. The monoisotopic (exact) mass is 247 g/mol. The van der Waals surface area contributed by atoms with Crippen molar-refractivity contribution in [1.82, 2.24) is 14.5 Å². The first kappa shape index (κ1) is 10.5. The molecule has 0 radical (unpaired) electrons. The Morgan fingerprint density at radius 1 is 1.59 bits per heavy atom. The molecule has 1 fully saturated rings. The van der Waals surface area contributed by atoms with Crippen LogP contribution in [-0.2, 0) is 6.54 Å². The highest BCUT2D eigenvalue weighted by Crippen LogP contribution is 2.29. The van der Waals surface area contributed by atoms with Crippen LogP contribution in [0, 0.1) is 0 Å². The number of hydrogen-bond donors (Lipinski definition) is 0. The minimum absolute atomic E-state index is 0.0263. The smallest absolute Gasteiger partial charge is 0.316 e. The molecule has 2 aromatic heterocycles. The van der Waals surface area contributed by atoms with Crippen LogP contribution in [0.2, 0.25) is 0 Å². The van der Waals surface area contributed by atoms with E-state index in [-0.39, 0.29) is 6.03 Å². The Balaban J connectivity index is 1.78. The predicted molar refractivity (Wildman–Crippen MR) is 65.9 cm³/mol. The van der Waals surface area contributed by atoms with Crippen LogP contribution in [0.1, 0.15) is 17.7 Å². The molecule has 2 heterocycles. The van der Waals surface area contributed by atoms with Crippen molar-refractivity contribution in [3.63, 3.8) is 0 Å². The molecular weight excluding hydrogens is 234 g/mol. The molecule has 0 bridgehead atoms. The molecule has 0 unspecified atom stereocenters. The maximum Gasteiger partial charge on any atom is 0.329 e. The highest BCUT2D eigenvalue weighted by atomic mass is 32.1. The Hall–Kier alpha value is -1.62. The van der Waals surface area contributed by atoms with E-state index in [1.54, 1.807) is 34.6 Å². The molecule has 88 valence electrons. The van der Waals surface area contributed by atoms with Gasteiger partial charge in [-0.15, -0.1) is 11.3 Å². The van der Waals surface area contributed by atoms with E-state index in [1.165, 1.54) is 4.88 Å². The zero-order chi connectivity index (χ0) is 11.7. The molecule has 1 aliphatic carbocycles. The maximum absolute atomic E-state index is 12.3. The van der Waals surface area contributed by atoms with Gasteiger partial charge in [0.05, 0.1) is 6.54 Å². The maximum atomic E-state index is 12.3. The van der Waals surface area contributed by atoms with Crippen molar-refractivity contribution in [3.05, 3.63) is 41.1 Å². The number of rotatable bonds is 3. The van der Waals surface area contributed by atoms with Crippen molar-refractivity contribution in [3.8, 4) is 0 Å². The Morgan fingerprint density at radius 3 is 3.06 bits per heavy atom. The highest BCUT2D eigenvalue weighted by molar-refractivity contribution is 7.09. The minimum atomic E-state index is 0.0263. The molecule has 5 heteroatoms. The number of carbonyl (C=O) groups is 1. The van der Waals surface area contributed by atoms with Crippen LogP contribution in [-0.4, -0.2) is 26.5 Å². The summed E-state index contributed by atoms with van der Waals surface area (Å²) in [5, 5.41) is 2.04. The summed E-state index contributed by atoms with van der Waals surface area (Å²) in [6.45, 7) is 0.708. The van der Waals surface area contributed by atoms with E-state index in [9.17, 15) is 4.79 Å². The van der Waals surface area contributed by atoms with Crippen LogP contribution in [0.4, 0.5) is 4.79 Å². The van der Waals surface area contributed by atoms with Crippen LogP contribution < -0.4 is 0 Å². The average molecular weight is 247 g/mol. The second-order valence-corrected chi connectivity index (χ2v) is 5.22. The lowest BCUT2D eigenvalue weighted by Crippen LogP contribution is -2.35. The molecule has 0 atom stereocenters. The van der Waals surface area contributed by atoms with Gasteiger partial charge < -0.3 is 4.90 Å². The van der Waals surface area contributed by atoms with E-state index in [2.05, 4.69) is 11.1 Å². The van der Waals surface area contributed by atoms with E-state index in [0.29, 0.717) is 12.6 Å². The third kappa shape index (κ3) is 2.24. The first-order chi connectivity index (χ1) is 8.34. The summed E-state index contributed by atoms with van der Waals surface area (Å²) >= 11 is 1.69. The van der Waals surface area contributed by atoms with E-state index >= 15 is 0 Å². The third-order valence-corrected chi connectivity index (χ3v) is 3.73. The fraction of sp³-hybridized carbons (Fsp3) is 0.333. The number of imidazole rings is 1. The van der Waals surface area contributed by atoms with Crippen molar-refractivity contribution in [2.24, 2.45) is 0 Å². The topological polar surface area (TPSA) is 38.1 Å². The quantitative estimate of drug-likeness (QED) is 0.836. The standard InChI is InChI=1S/C12H13N3OS/c16-12(14-6-5-13-9-14)15(10-3-4-10)8-11-2-1-7-17-11/h1-2,5-7,9-10H,3-4,8H2. The van der Waals surface area contributed by atoms with Gasteiger partial charge in [-0.25, -0.2) is 9.78 Å². The number of thiophene rings is 1. The summed E-state index contributed by atoms with van der Waals surface area (Å²) in [5.41, 5.74) is 0. The predicted octanol–water partition coefficient (Wildman–Crippen LogP) is 2.58. The average Bonchev–Trinajstić information content (AvgIpc) is 2.86. The van der Waals surface area contributed by atoms with Crippen molar-refractivity contribution in [2.45, 2.75) is 25.4 Å². The molecular formula is C12H13N3OS. The van der Waals surface area contributed by atoms with Gasteiger partial charge in [-0.05, 0) is 24.3 Å². The number of aromatic nitrogens is 2. The number of carbonyl (C=O) groups excluding carboxylic acids is 1. The molecule has 17 heavy (non-hydrogen) atoms. The molecule has 1 amide bonds. The fourth-order valence-corrected chi connectivity index (χ4v) is 2.53. The van der Waals surface area contributed by atoms with Crippen molar-refractivity contribution < 1.29 is 4.79 Å². The Labute approximate surface area is 104 Å². The molecule has 1 aliphatic rings. The van der Waals surface area contributed by atoms with Crippen LogP contribution in [0.3, 0.4) is 0 Å². The summed E-state index contributed by atoms with van der Waals surface area (Å²) < 4.78 is 1.55. The zero-order valence-corrected chi connectivity index (χ0v) is 10.1. The Kier molecular flexibility index (Phi) is 2.68. The summed E-state index contributed by atoms with van der Waals surface area (Å²) in [6.07, 6.45) is 7.13. The lowest BCUT2D eigenvalue weighted by Gasteiger charge is -2.21. The van der Waals surface area contributed by atoms with E-state index in [1.807, 2.05) is 16.3 Å². The van der Waals surface area contributed by atoms with Gasteiger partial charge in [0, 0.05) is 23.3 Å². The lowest BCUT2D eigenvalue weighted by atomic mass is 10.4. The van der Waals surface area contributed by atoms with Gasteiger partial charge in [-0.3, -0.25) is 4.57 Å². The first-order valence-corrected chi connectivity index (χ1v) is 6.54. The Morgan fingerprint density at radius 2 is 2.47 bits per heavy atom. The molecule has 0 aromatic carbocycles. The summed E-state index contributed by atoms with van der Waals surface area (Å²) in [4.78, 5) is 19.4. The molecule has 0 spiro atoms. The molecule has 3 rings (SSSR count). The molecule has 0 saturated heterocycles. The van der Waals surface area contributed by atoms with Gasteiger partial charge in [-0.2, -0.15) is 0 Å². The second-order valence-electron chi connectivity index (χ2n) is 4.19. The third-order valence-electron chi connectivity index (χ3n) is 2.86. The van der Waals surface area contributed by atoms with Crippen LogP contribution in [0.15, 0.2) is 36.2 Å². The van der Waals surface area contributed by atoms with Crippen molar-refractivity contribution >= 4 is 17.4 Å². The van der Waals surface area contributed by atoms with Crippen molar-refractivity contribution in [1.29, 1.82) is 0 Å². The van der Waals surface area contributed by atoms with Gasteiger partial charge >= 0.3 is 6.03 Å². The van der Waals surface area contributed by atoms with Gasteiger partial charge in [0.2, 0.25) is 0 Å². The molecule has 4 nitrogen and oxygen atoms in total. The fourth-order valence-electron chi connectivity index (χ4n) is 1.83. The molecule has 0 N–H and O–H groups in total. The summed E-state index contributed by atoms with van der Waals surface area (Å²) in [7, 11) is 0. The van der Waals surface area contributed by atoms with E-state index in [4.69, 9.17) is 0 Å². The zero-order valence-electron chi connectivity index (χ0n) is 9.32. The van der Waals surface area contributed by atoms with Gasteiger partial charge in [0.1, 0.15) is 6.33 Å². The SMILES string of the molecule is O=C(N(Cc1cccs1)C1CC1)n1ccnc1. The summed E-state index contributed by atoms with van der Waals surface area (Å²) in [6, 6.07) is 4.53. The minimum Gasteiger partial charge on any atom is -0.316 e. The van der Waals surface area contributed by atoms with E-state index < -0.39 is 0 Å².